The van der Waals surface area contributed by atoms with Gasteiger partial charge >= 0.3 is 5.97 Å². The zero-order valence-electron chi connectivity index (χ0n) is 11.1. The van der Waals surface area contributed by atoms with Crippen LogP contribution in [-0.4, -0.2) is 16.1 Å². The molecule has 0 amide bonds. The first kappa shape index (κ1) is 15.9. The topological polar surface area (TPSA) is 50.2 Å². The van der Waals surface area contributed by atoms with E-state index in [4.69, 9.17) is 5.11 Å². The minimum Gasteiger partial charge on any atom is -0.478 e. The number of carboxylic acid groups (broad SMARTS) is 1. The standard InChI is InChI=1S/C16H15NO2.ClH/c1-12(16(18)19)9-14-3-2-4-15(11-14)10-13-5-7-17-8-6-13;/h2-9,11H,10H2,1H3,(H,18,19);1H. The molecule has 2 rings (SSSR count). The number of hydrogen-bond donors (Lipinski definition) is 1. The molecule has 1 aromatic carbocycles. The van der Waals surface area contributed by atoms with Crippen LogP contribution in [0.2, 0.25) is 0 Å². The Morgan fingerprint density at radius 1 is 1.20 bits per heavy atom. The summed E-state index contributed by atoms with van der Waals surface area (Å²) in [5.74, 6) is -0.889. The summed E-state index contributed by atoms with van der Waals surface area (Å²) in [5, 5.41) is 8.87. The molecule has 1 N–H and O–H groups in total. The van der Waals surface area contributed by atoms with Gasteiger partial charge in [0.25, 0.3) is 0 Å². The molecule has 0 aliphatic rings. The van der Waals surface area contributed by atoms with Gasteiger partial charge in [-0.3, -0.25) is 4.98 Å². The molecule has 0 bridgehead atoms. The van der Waals surface area contributed by atoms with Crippen molar-refractivity contribution in [2.75, 3.05) is 0 Å². The lowest BCUT2D eigenvalue weighted by atomic mass is 10.0. The molecule has 4 heteroatoms. The van der Waals surface area contributed by atoms with Gasteiger partial charge in [0.15, 0.2) is 0 Å². The Hall–Kier alpha value is -2.13. The number of carboxylic acids is 1. The van der Waals surface area contributed by atoms with Crippen molar-refractivity contribution < 1.29 is 9.90 Å². The molecule has 1 aromatic heterocycles. The summed E-state index contributed by atoms with van der Waals surface area (Å²) in [6.45, 7) is 1.60. The van der Waals surface area contributed by atoms with Crippen LogP contribution in [0.15, 0.2) is 54.4 Å². The van der Waals surface area contributed by atoms with Crippen molar-refractivity contribution in [1.29, 1.82) is 0 Å². The molecule has 3 nitrogen and oxygen atoms in total. The van der Waals surface area contributed by atoms with Crippen molar-refractivity contribution in [2.45, 2.75) is 13.3 Å². The number of rotatable bonds is 4. The van der Waals surface area contributed by atoms with Crippen molar-refractivity contribution in [2.24, 2.45) is 0 Å². The molecule has 0 fully saturated rings. The third-order valence-electron chi connectivity index (χ3n) is 2.83. The van der Waals surface area contributed by atoms with Crippen LogP contribution >= 0.6 is 12.4 Å². The molecule has 0 aliphatic heterocycles. The highest BCUT2D eigenvalue weighted by Crippen LogP contribution is 2.13. The highest BCUT2D eigenvalue weighted by molar-refractivity contribution is 5.91. The summed E-state index contributed by atoms with van der Waals surface area (Å²) in [5.41, 5.74) is 3.58. The van der Waals surface area contributed by atoms with E-state index in [0.717, 1.165) is 17.5 Å². The highest BCUT2D eigenvalue weighted by atomic mass is 35.5. The summed E-state index contributed by atoms with van der Waals surface area (Å²) in [6, 6.07) is 11.8. The molecular weight excluding hydrogens is 274 g/mol. The van der Waals surface area contributed by atoms with Gasteiger partial charge in [-0.2, -0.15) is 0 Å². The van der Waals surface area contributed by atoms with Crippen molar-refractivity contribution in [3.63, 3.8) is 0 Å². The van der Waals surface area contributed by atoms with E-state index in [1.807, 2.05) is 36.4 Å². The second-order valence-corrected chi connectivity index (χ2v) is 4.41. The molecule has 0 radical (unpaired) electrons. The van der Waals surface area contributed by atoms with Crippen LogP contribution in [0.3, 0.4) is 0 Å². The Morgan fingerprint density at radius 3 is 2.55 bits per heavy atom. The Bertz CT molecular complexity index is 609. The largest absolute Gasteiger partial charge is 0.478 e. The lowest BCUT2D eigenvalue weighted by Crippen LogP contribution is -1.95. The van der Waals surface area contributed by atoms with Crippen LogP contribution in [0.4, 0.5) is 0 Å². The fraction of sp³-hybridized carbons (Fsp3) is 0.125. The van der Waals surface area contributed by atoms with E-state index in [0.29, 0.717) is 5.57 Å². The third-order valence-corrected chi connectivity index (χ3v) is 2.83. The Kier molecular flexibility index (Phi) is 5.94. The van der Waals surface area contributed by atoms with Crippen LogP contribution < -0.4 is 0 Å². The Morgan fingerprint density at radius 2 is 1.90 bits per heavy atom. The minimum absolute atomic E-state index is 0. The minimum atomic E-state index is -0.889. The summed E-state index contributed by atoms with van der Waals surface area (Å²) < 4.78 is 0. The van der Waals surface area contributed by atoms with Gasteiger partial charge in [0.2, 0.25) is 0 Å². The quantitative estimate of drug-likeness (QED) is 0.875. The number of pyridine rings is 1. The van der Waals surface area contributed by atoms with Crippen LogP contribution in [-0.2, 0) is 11.2 Å². The molecule has 2 aromatic rings. The molecule has 1 heterocycles. The van der Waals surface area contributed by atoms with Gasteiger partial charge in [0.05, 0.1) is 0 Å². The average Bonchev–Trinajstić information content (AvgIpc) is 2.40. The number of aromatic nitrogens is 1. The fourth-order valence-electron chi connectivity index (χ4n) is 1.84. The summed E-state index contributed by atoms with van der Waals surface area (Å²) in [4.78, 5) is 14.8. The van der Waals surface area contributed by atoms with E-state index >= 15 is 0 Å². The number of benzene rings is 1. The normalized spacial score (nSPS) is 10.8. The van der Waals surface area contributed by atoms with Crippen LogP contribution in [0.5, 0.6) is 0 Å². The highest BCUT2D eigenvalue weighted by Gasteiger charge is 2.01. The average molecular weight is 290 g/mol. The summed E-state index contributed by atoms with van der Waals surface area (Å²) >= 11 is 0. The van der Waals surface area contributed by atoms with Crippen molar-refractivity contribution >= 4 is 24.5 Å². The van der Waals surface area contributed by atoms with Gasteiger partial charge in [-0.25, -0.2) is 4.79 Å². The molecule has 0 aliphatic carbocycles. The first-order chi connectivity index (χ1) is 9.15. The molecule has 0 saturated heterocycles. The van der Waals surface area contributed by atoms with Crippen LogP contribution in [0.25, 0.3) is 6.08 Å². The molecule has 0 spiro atoms. The molecule has 104 valence electrons. The molecular formula is C16H16ClNO2. The second kappa shape index (κ2) is 7.46. The van der Waals surface area contributed by atoms with E-state index < -0.39 is 5.97 Å². The predicted octanol–water partition coefficient (Wildman–Crippen LogP) is 3.58. The molecule has 0 atom stereocenters. The van der Waals surface area contributed by atoms with Gasteiger partial charge in [-0.15, -0.1) is 12.4 Å². The van der Waals surface area contributed by atoms with Crippen LogP contribution in [0.1, 0.15) is 23.6 Å². The molecule has 0 unspecified atom stereocenters. The fourth-order valence-corrected chi connectivity index (χ4v) is 1.84. The van der Waals surface area contributed by atoms with E-state index in [-0.39, 0.29) is 12.4 Å². The van der Waals surface area contributed by atoms with E-state index in [1.54, 1.807) is 25.4 Å². The number of carbonyl (C=O) groups is 1. The van der Waals surface area contributed by atoms with Gasteiger partial charge in [-0.05, 0) is 48.2 Å². The Balaban J connectivity index is 0.00000200. The lowest BCUT2D eigenvalue weighted by molar-refractivity contribution is -0.132. The predicted molar refractivity (Wildman–Crippen MR) is 82.0 cm³/mol. The third kappa shape index (κ3) is 4.52. The van der Waals surface area contributed by atoms with Crippen molar-refractivity contribution in [3.05, 3.63) is 71.1 Å². The summed E-state index contributed by atoms with van der Waals surface area (Å²) in [7, 11) is 0. The maximum atomic E-state index is 10.8. The zero-order valence-corrected chi connectivity index (χ0v) is 11.9. The number of halogens is 1. The maximum absolute atomic E-state index is 10.8. The second-order valence-electron chi connectivity index (χ2n) is 4.41. The van der Waals surface area contributed by atoms with E-state index in [2.05, 4.69) is 4.98 Å². The van der Waals surface area contributed by atoms with Crippen LogP contribution in [0, 0.1) is 0 Å². The molecule has 20 heavy (non-hydrogen) atoms. The Labute approximate surface area is 124 Å². The number of aliphatic carboxylic acids is 1. The van der Waals surface area contributed by atoms with Crippen molar-refractivity contribution in [3.8, 4) is 0 Å². The van der Waals surface area contributed by atoms with E-state index in [9.17, 15) is 4.79 Å². The van der Waals surface area contributed by atoms with Gasteiger partial charge in [0.1, 0.15) is 0 Å². The monoisotopic (exact) mass is 289 g/mol. The smallest absolute Gasteiger partial charge is 0.331 e. The number of nitrogens with zero attached hydrogens (tertiary/aromatic N) is 1. The summed E-state index contributed by atoms with van der Waals surface area (Å²) in [6.07, 6.45) is 6.04. The van der Waals surface area contributed by atoms with Gasteiger partial charge in [0, 0.05) is 18.0 Å². The van der Waals surface area contributed by atoms with E-state index in [1.165, 1.54) is 5.56 Å². The SMILES string of the molecule is CC(=Cc1cccc(Cc2ccncc2)c1)C(=O)O.Cl. The van der Waals surface area contributed by atoms with Gasteiger partial charge in [-0.1, -0.05) is 24.3 Å². The maximum Gasteiger partial charge on any atom is 0.331 e. The first-order valence-electron chi connectivity index (χ1n) is 6.04. The number of hydrogen-bond acceptors (Lipinski definition) is 2. The zero-order chi connectivity index (χ0) is 13.7. The van der Waals surface area contributed by atoms with Crippen molar-refractivity contribution in [1.82, 2.24) is 4.98 Å². The molecule has 0 saturated carbocycles. The van der Waals surface area contributed by atoms with Gasteiger partial charge < -0.3 is 5.11 Å². The lowest BCUT2D eigenvalue weighted by Gasteiger charge is -2.03. The first-order valence-corrected chi connectivity index (χ1v) is 6.04.